The van der Waals surface area contributed by atoms with E-state index in [4.69, 9.17) is 21.8 Å². The molecule has 2 rings (SSSR count). The Hall–Kier alpha value is -2.29. The molecule has 0 aromatic carbocycles. The van der Waals surface area contributed by atoms with Gasteiger partial charge in [0.05, 0.1) is 6.54 Å². The van der Waals surface area contributed by atoms with Gasteiger partial charge in [-0.15, -0.1) is 0 Å². The largest absolute Gasteiger partial charge is 0.440 e. The van der Waals surface area contributed by atoms with Crippen LogP contribution in [0.25, 0.3) is 0 Å². The number of aromatic nitrogens is 1. The van der Waals surface area contributed by atoms with Crippen LogP contribution in [0.4, 0.5) is 5.82 Å². The molecule has 6 heteroatoms. The lowest BCUT2D eigenvalue weighted by atomic mass is 10.3. The molecular formula is C13H10ClN3O2. The number of halogens is 1. The number of rotatable bonds is 2. The highest BCUT2D eigenvalue weighted by atomic mass is 35.5. The number of hydrogen-bond donors (Lipinski definition) is 2. The third-order valence-electron chi connectivity index (χ3n) is 2.11. The summed E-state index contributed by atoms with van der Waals surface area (Å²) in [5, 5.41) is 2.74. The van der Waals surface area contributed by atoms with Crippen molar-refractivity contribution in [3.63, 3.8) is 0 Å². The van der Waals surface area contributed by atoms with Crippen LogP contribution < -0.4 is 11.1 Å². The highest BCUT2D eigenvalue weighted by Gasteiger charge is 2.11. The van der Waals surface area contributed by atoms with Crippen molar-refractivity contribution in [2.45, 2.75) is 0 Å². The Kier molecular flexibility index (Phi) is 4.18. The third-order valence-corrected chi connectivity index (χ3v) is 2.31. The lowest BCUT2D eigenvalue weighted by Crippen LogP contribution is -2.12. The molecule has 0 aliphatic carbocycles. The first-order chi connectivity index (χ1) is 9.19. The third kappa shape index (κ3) is 3.58. The van der Waals surface area contributed by atoms with Crippen LogP contribution in [0.15, 0.2) is 34.7 Å². The number of carbonyl (C=O) groups is 1. The molecule has 0 unspecified atom stereocenters. The standard InChI is InChI=1S/C13H10ClN3O2/c14-11-7-6-10(19-11)13(18)17-12-5-1-3-9(16-12)4-2-8-15/h1,3,5-7H,8,15H2,(H,16,17,18). The second kappa shape index (κ2) is 6.05. The minimum Gasteiger partial charge on any atom is -0.440 e. The van der Waals surface area contributed by atoms with Crippen molar-refractivity contribution in [1.29, 1.82) is 0 Å². The Morgan fingerprint density at radius 1 is 1.42 bits per heavy atom. The maximum absolute atomic E-state index is 11.8. The van der Waals surface area contributed by atoms with E-state index in [1.165, 1.54) is 12.1 Å². The van der Waals surface area contributed by atoms with E-state index >= 15 is 0 Å². The Morgan fingerprint density at radius 2 is 2.26 bits per heavy atom. The first-order valence-corrected chi connectivity index (χ1v) is 5.79. The van der Waals surface area contributed by atoms with E-state index in [1.807, 2.05) is 0 Å². The quantitative estimate of drug-likeness (QED) is 0.820. The van der Waals surface area contributed by atoms with Crippen LogP contribution in [0.2, 0.25) is 5.22 Å². The summed E-state index contributed by atoms with van der Waals surface area (Å²) in [7, 11) is 0. The number of nitrogens with zero attached hydrogens (tertiary/aromatic N) is 1. The first-order valence-electron chi connectivity index (χ1n) is 5.42. The summed E-state index contributed by atoms with van der Waals surface area (Å²) in [6, 6.07) is 8.08. The summed E-state index contributed by atoms with van der Waals surface area (Å²) in [4.78, 5) is 15.9. The zero-order valence-electron chi connectivity index (χ0n) is 9.81. The van der Waals surface area contributed by atoms with Crippen LogP contribution in [0, 0.1) is 11.8 Å². The molecule has 3 N–H and O–H groups in total. The molecule has 0 saturated heterocycles. The fraction of sp³-hybridized carbons (Fsp3) is 0.0769. The minimum atomic E-state index is -0.427. The molecule has 2 aromatic heterocycles. The summed E-state index contributed by atoms with van der Waals surface area (Å²) >= 11 is 5.60. The van der Waals surface area contributed by atoms with Gasteiger partial charge in [-0.3, -0.25) is 4.79 Å². The number of anilines is 1. The Bertz CT molecular complexity index is 655. The van der Waals surface area contributed by atoms with E-state index in [1.54, 1.807) is 18.2 Å². The van der Waals surface area contributed by atoms with Gasteiger partial charge in [-0.05, 0) is 41.8 Å². The van der Waals surface area contributed by atoms with E-state index in [2.05, 4.69) is 22.1 Å². The van der Waals surface area contributed by atoms with Gasteiger partial charge in [-0.1, -0.05) is 12.0 Å². The van der Waals surface area contributed by atoms with Gasteiger partial charge in [0.25, 0.3) is 5.91 Å². The lowest BCUT2D eigenvalue weighted by Gasteiger charge is -2.02. The van der Waals surface area contributed by atoms with Crippen LogP contribution in [0.5, 0.6) is 0 Å². The van der Waals surface area contributed by atoms with Gasteiger partial charge in [0.1, 0.15) is 11.5 Å². The molecule has 2 aromatic rings. The number of amides is 1. The van der Waals surface area contributed by atoms with E-state index in [-0.39, 0.29) is 17.5 Å². The van der Waals surface area contributed by atoms with Crippen LogP contribution in [0.3, 0.4) is 0 Å². The monoisotopic (exact) mass is 275 g/mol. The zero-order chi connectivity index (χ0) is 13.7. The van der Waals surface area contributed by atoms with Gasteiger partial charge in [-0.25, -0.2) is 4.98 Å². The summed E-state index contributed by atoms with van der Waals surface area (Å²) in [5.41, 5.74) is 5.81. The highest BCUT2D eigenvalue weighted by molar-refractivity contribution is 6.29. The number of hydrogen-bond acceptors (Lipinski definition) is 4. The van der Waals surface area contributed by atoms with Gasteiger partial charge in [-0.2, -0.15) is 0 Å². The topological polar surface area (TPSA) is 81.1 Å². The number of nitrogens with one attached hydrogen (secondary N) is 1. The molecule has 1 amide bonds. The van der Waals surface area contributed by atoms with Gasteiger partial charge in [0.2, 0.25) is 0 Å². The summed E-state index contributed by atoms with van der Waals surface area (Å²) in [6.07, 6.45) is 0. The second-order valence-corrected chi connectivity index (χ2v) is 3.84. The summed E-state index contributed by atoms with van der Waals surface area (Å²) in [5.74, 6) is 5.53. The molecule has 0 aliphatic heterocycles. The normalized spacial score (nSPS) is 9.58. The molecule has 0 atom stereocenters. The molecule has 0 spiro atoms. The minimum absolute atomic E-state index is 0.116. The molecule has 96 valence electrons. The average molecular weight is 276 g/mol. The van der Waals surface area contributed by atoms with Crippen molar-refractivity contribution in [3.05, 3.63) is 47.0 Å². The molecule has 5 nitrogen and oxygen atoms in total. The Morgan fingerprint density at radius 3 is 2.95 bits per heavy atom. The number of furan rings is 1. The predicted octanol–water partition coefficient (Wildman–Crippen LogP) is 1.89. The van der Waals surface area contributed by atoms with Crippen LogP contribution in [-0.2, 0) is 0 Å². The first kappa shape index (κ1) is 13.1. The molecule has 19 heavy (non-hydrogen) atoms. The molecule has 0 saturated carbocycles. The maximum atomic E-state index is 11.8. The fourth-order valence-electron chi connectivity index (χ4n) is 1.33. The maximum Gasteiger partial charge on any atom is 0.292 e. The van der Waals surface area contributed by atoms with Crippen molar-refractivity contribution >= 4 is 23.3 Å². The van der Waals surface area contributed by atoms with Gasteiger partial charge >= 0.3 is 0 Å². The molecule has 0 fully saturated rings. The molecule has 0 radical (unpaired) electrons. The van der Waals surface area contributed by atoms with E-state index < -0.39 is 5.91 Å². The number of nitrogens with two attached hydrogens (primary N) is 1. The lowest BCUT2D eigenvalue weighted by molar-refractivity contribution is 0.0996. The Balaban J connectivity index is 2.13. The van der Waals surface area contributed by atoms with E-state index in [9.17, 15) is 4.79 Å². The van der Waals surface area contributed by atoms with Crippen LogP contribution in [0.1, 0.15) is 16.2 Å². The van der Waals surface area contributed by atoms with Crippen LogP contribution in [-0.4, -0.2) is 17.4 Å². The van der Waals surface area contributed by atoms with Gasteiger partial charge in [0.15, 0.2) is 11.0 Å². The van der Waals surface area contributed by atoms with Crippen molar-refractivity contribution in [2.75, 3.05) is 11.9 Å². The number of carbonyl (C=O) groups excluding carboxylic acids is 1. The summed E-state index contributed by atoms with van der Waals surface area (Å²) < 4.78 is 4.99. The Labute approximate surface area is 114 Å². The SMILES string of the molecule is NCC#Cc1cccc(NC(=O)c2ccc(Cl)o2)n1. The van der Waals surface area contributed by atoms with Crippen molar-refractivity contribution in [1.82, 2.24) is 4.98 Å². The molecule has 0 bridgehead atoms. The van der Waals surface area contributed by atoms with Crippen LogP contribution >= 0.6 is 11.6 Å². The average Bonchev–Trinajstić information content (AvgIpc) is 2.83. The number of pyridine rings is 1. The van der Waals surface area contributed by atoms with Crippen molar-refractivity contribution in [2.24, 2.45) is 5.73 Å². The molecular weight excluding hydrogens is 266 g/mol. The van der Waals surface area contributed by atoms with Gasteiger partial charge < -0.3 is 15.5 Å². The second-order valence-electron chi connectivity index (χ2n) is 3.47. The predicted molar refractivity (Wildman–Crippen MR) is 71.8 cm³/mol. The summed E-state index contributed by atoms with van der Waals surface area (Å²) in [6.45, 7) is 0.253. The highest BCUT2D eigenvalue weighted by Crippen LogP contribution is 2.14. The van der Waals surface area contributed by atoms with Crippen molar-refractivity contribution in [3.8, 4) is 11.8 Å². The van der Waals surface area contributed by atoms with E-state index in [0.717, 1.165) is 0 Å². The fourth-order valence-corrected chi connectivity index (χ4v) is 1.48. The molecule has 2 heterocycles. The smallest absolute Gasteiger partial charge is 0.292 e. The van der Waals surface area contributed by atoms with Gasteiger partial charge in [0, 0.05) is 0 Å². The molecule has 0 aliphatic rings. The zero-order valence-corrected chi connectivity index (χ0v) is 10.6. The van der Waals surface area contributed by atoms with E-state index in [0.29, 0.717) is 11.5 Å². The van der Waals surface area contributed by atoms with Crippen molar-refractivity contribution < 1.29 is 9.21 Å².